The molecule has 1 aromatic heterocycles. The molecule has 1 unspecified atom stereocenters. The highest BCUT2D eigenvalue weighted by atomic mass is 35.5. The van der Waals surface area contributed by atoms with Crippen molar-refractivity contribution in [2.24, 2.45) is 0 Å². The van der Waals surface area contributed by atoms with E-state index in [1.807, 2.05) is 59.8 Å². The lowest BCUT2D eigenvalue weighted by molar-refractivity contribution is -0.116. The van der Waals surface area contributed by atoms with Crippen molar-refractivity contribution >= 4 is 24.2 Å². The molecule has 1 aliphatic heterocycles. The summed E-state index contributed by atoms with van der Waals surface area (Å²) in [5, 5.41) is 6.45. The molecular weight excluding hydrogens is 522 g/mol. The molecule has 7 nitrogen and oxygen atoms in total. The van der Waals surface area contributed by atoms with E-state index in [1.165, 1.54) is 5.56 Å². The third-order valence-corrected chi connectivity index (χ3v) is 7.79. The zero-order valence-electron chi connectivity index (χ0n) is 23.2. The first kappa shape index (κ1) is 29.6. The van der Waals surface area contributed by atoms with Crippen LogP contribution in [0.25, 0.3) is 11.3 Å². The number of rotatable bonds is 8. The molecule has 40 heavy (non-hydrogen) atoms. The van der Waals surface area contributed by atoms with Gasteiger partial charge in [-0.25, -0.2) is 4.98 Å². The van der Waals surface area contributed by atoms with Crippen LogP contribution in [-0.4, -0.2) is 58.5 Å². The molecule has 5 rings (SSSR count). The van der Waals surface area contributed by atoms with Crippen LogP contribution >= 0.6 is 12.4 Å². The Kier molecular flexibility index (Phi) is 10.6. The van der Waals surface area contributed by atoms with E-state index in [0.29, 0.717) is 18.8 Å². The van der Waals surface area contributed by atoms with Gasteiger partial charge < -0.3 is 20.1 Å². The van der Waals surface area contributed by atoms with Crippen molar-refractivity contribution in [2.75, 3.05) is 26.2 Å². The van der Waals surface area contributed by atoms with E-state index in [0.717, 1.165) is 68.4 Å². The van der Waals surface area contributed by atoms with E-state index in [4.69, 9.17) is 4.98 Å². The molecule has 0 radical (unpaired) electrons. The van der Waals surface area contributed by atoms with Crippen LogP contribution in [0.15, 0.2) is 78.6 Å². The Bertz CT molecular complexity index is 1290. The highest BCUT2D eigenvalue weighted by Gasteiger charge is 2.33. The third kappa shape index (κ3) is 6.83. The fourth-order valence-corrected chi connectivity index (χ4v) is 5.84. The van der Waals surface area contributed by atoms with Crippen molar-refractivity contribution in [3.63, 3.8) is 0 Å². The number of benzene rings is 2. The summed E-state index contributed by atoms with van der Waals surface area (Å²) < 4.78 is 2.15. The maximum absolute atomic E-state index is 14.2. The van der Waals surface area contributed by atoms with Crippen LogP contribution in [0.3, 0.4) is 0 Å². The second kappa shape index (κ2) is 14.3. The molecule has 3 aromatic rings. The maximum atomic E-state index is 14.2. The number of imidazole rings is 1. The van der Waals surface area contributed by atoms with Gasteiger partial charge >= 0.3 is 0 Å². The number of halogens is 1. The van der Waals surface area contributed by atoms with Crippen LogP contribution < -0.4 is 10.6 Å². The van der Waals surface area contributed by atoms with Gasteiger partial charge in [-0.3, -0.25) is 9.59 Å². The van der Waals surface area contributed by atoms with Crippen LogP contribution in [0.4, 0.5) is 0 Å². The Morgan fingerprint density at radius 1 is 1.07 bits per heavy atom. The zero-order valence-corrected chi connectivity index (χ0v) is 24.0. The van der Waals surface area contributed by atoms with Crippen LogP contribution in [0.5, 0.6) is 0 Å². The lowest BCUT2D eigenvalue weighted by Crippen LogP contribution is -2.54. The van der Waals surface area contributed by atoms with Crippen molar-refractivity contribution in [1.29, 1.82) is 0 Å². The van der Waals surface area contributed by atoms with Crippen LogP contribution in [0.1, 0.15) is 61.1 Å². The summed E-state index contributed by atoms with van der Waals surface area (Å²) in [6.07, 6.45) is 9.22. The number of carbonyl (C=O) groups excluding carboxylic acids is 2. The number of amides is 2. The van der Waals surface area contributed by atoms with E-state index in [-0.39, 0.29) is 36.3 Å². The minimum absolute atomic E-state index is 0. The van der Waals surface area contributed by atoms with E-state index in [1.54, 1.807) is 6.08 Å². The number of allylic oxidation sites excluding steroid dienone is 1. The van der Waals surface area contributed by atoms with Gasteiger partial charge in [-0.1, -0.05) is 74.0 Å². The molecule has 1 saturated heterocycles. The fraction of sp³-hybridized carbons (Fsp3) is 0.406. The number of hydrogen-bond acceptors (Lipinski definition) is 4. The molecule has 1 saturated carbocycles. The van der Waals surface area contributed by atoms with Crippen molar-refractivity contribution in [2.45, 2.75) is 57.5 Å². The minimum atomic E-state index is -0.0407. The molecule has 8 heteroatoms. The molecule has 212 valence electrons. The van der Waals surface area contributed by atoms with Crippen molar-refractivity contribution in [1.82, 2.24) is 25.1 Å². The highest BCUT2D eigenvalue weighted by Crippen LogP contribution is 2.38. The molecule has 2 fully saturated rings. The zero-order chi connectivity index (χ0) is 27.0. The molecule has 2 N–H and O–H groups in total. The first-order chi connectivity index (χ1) is 19.2. The fourth-order valence-electron chi connectivity index (χ4n) is 5.84. The number of nitrogens with one attached hydrogen (secondary N) is 2. The summed E-state index contributed by atoms with van der Waals surface area (Å²) in [5.41, 5.74) is 4.61. The summed E-state index contributed by atoms with van der Waals surface area (Å²) in [5.74, 6) is -0.0712. The molecule has 2 aliphatic rings. The smallest absolute Gasteiger partial charge is 0.275 e. The summed E-state index contributed by atoms with van der Waals surface area (Å²) in [6, 6.07) is 20.5. The molecule has 0 spiro atoms. The quantitative estimate of drug-likeness (QED) is 0.371. The van der Waals surface area contributed by atoms with E-state index >= 15 is 0 Å². The minimum Gasteiger partial charge on any atom is -0.353 e. The number of nitrogens with zero attached hydrogens (tertiary/aromatic N) is 3. The standard InChI is InChI=1S/C32H39N5O2.ClH/c1-2-17-34-29(38)21-26-15-9-10-16-28(26)37-23-35-30(31(37)25-13-7-4-8-14-25)32(39)36-19-18-33-22-27(36)20-24-11-5-3-6-12-24;/h3-8,11-14,21,23,27-28,33H,2,9-10,15-20,22H2,1H3,(H,34,38);1H/b26-21+;/t27-,28?;/m0./s1. The van der Waals surface area contributed by atoms with Gasteiger partial charge in [0.15, 0.2) is 5.69 Å². The Labute approximate surface area is 243 Å². The lowest BCUT2D eigenvalue weighted by atomic mass is 9.88. The van der Waals surface area contributed by atoms with Gasteiger partial charge in [0.05, 0.1) is 18.1 Å². The van der Waals surface area contributed by atoms with Gasteiger partial charge in [0, 0.05) is 43.9 Å². The lowest BCUT2D eigenvalue weighted by Gasteiger charge is -2.36. The van der Waals surface area contributed by atoms with Gasteiger partial charge in [-0.15, -0.1) is 12.4 Å². The van der Waals surface area contributed by atoms with Gasteiger partial charge in [-0.05, 0) is 43.2 Å². The molecular formula is C32H40ClN5O2. The molecule has 2 amide bonds. The third-order valence-electron chi connectivity index (χ3n) is 7.79. The van der Waals surface area contributed by atoms with Crippen LogP contribution in [0.2, 0.25) is 0 Å². The van der Waals surface area contributed by atoms with E-state index in [9.17, 15) is 9.59 Å². The first-order valence-corrected chi connectivity index (χ1v) is 14.3. The maximum Gasteiger partial charge on any atom is 0.275 e. The molecule has 2 heterocycles. The Morgan fingerprint density at radius 2 is 1.82 bits per heavy atom. The predicted molar refractivity (Wildman–Crippen MR) is 162 cm³/mol. The summed E-state index contributed by atoms with van der Waals surface area (Å²) >= 11 is 0. The van der Waals surface area contributed by atoms with Crippen LogP contribution in [-0.2, 0) is 11.2 Å². The summed E-state index contributed by atoms with van der Waals surface area (Å²) in [4.78, 5) is 33.6. The summed E-state index contributed by atoms with van der Waals surface area (Å²) in [6.45, 7) is 4.88. The normalized spacial score (nSPS) is 20.1. The Balaban J connectivity index is 0.00000370. The Hall–Kier alpha value is -3.42. The SMILES string of the molecule is CCCNC(=O)/C=C1\CCCCC1n1cnc(C(=O)N2CCNC[C@@H]2Cc2ccccc2)c1-c1ccccc1.Cl. The number of piperazine rings is 1. The Morgan fingerprint density at radius 3 is 2.58 bits per heavy atom. The monoisotopic (exact) mass is 561 g/mol. The van der Waals surface area contributed by atoms with Gasteiger partial charge in [0.2, 0.25) is 5.91 Å². The molecule has 0 bridgehead atoms. The van der Waals surface area contributed by atoms with Crippen molar-refractivity contribution in [3.8, 4) is 11.3 Å². The van der Waals surface area contributed by atoms with Crippen molar-refractivity contribution in [3.05, 3.63) is 89.9 Å². The first-order valence-electron chi connectivity index (χ1n) is 14.3. The highest BCUT2D eigenvalue weighted by molar-refractivity contribution is 5.98. The van der Waals surface area contributed by atoms with E-state index in [2.05, 4.69) is 34.3 Å². The molecule has 2 aromatic carbocycles. The van der Waals surface area contributed by atoms with Gasteiger partial charge in [0.25, 0.3) is 5.91 Å². The second-order valence-electron chi connectivity index (χ2n) is 10.5. The number of hydrogen-bond donors (Lipinski definition) is 2. The number of carbonyl (C=O) groups is 2. The topological polar surface area (TPSA) is 79.3 Å². The van der Waals surface area contributed by atoms with Crippen LogP contribution in [0, 0.1) is 0 Å². The van der Waals surface area contributed by atoms with Gasteiger partial charge in [-0.2, -0.15) is 0 Å². The molecule has 2 atom stereocenters. The van der Waals surface area contributed by atoms with Gasteiger partial charge in [0.1, 0.15) is 0 Å². The van der Waals surface area contributed by atoms with E-state index < -0.39 is 0 Å². The number of aromatic nitrogens is 2. The second-order valence-corrected chi connectivity index (χ2v) is 10.5. The molecule has 1 aliphatic carbocycles. The van der Waals surface area contributed by atoms with Crippen molar-refractivity contribution < 1.29 is 9.59 Å². The average molecular weight is 562 g/mol. The average Bonchev–Trinajstić information content (AvgIpc) is 3.42. The predicted octanol–water partition coefficient (Wildman–Crippen LogP) is 5.20. The largest absolute Gasteiger partial charge is 0.353 e. The summed E-state index contributed by atoms with van der Waals surface area (Å²) in [7, 11) is 0.